The fourth-order valence-electron chi connectivity index (χ4n) is 2.12. The van der Waals surface area contributed by atoms with Gasteiger partial charge in [0, 0.05) is 13.1 Å². The molecule has 2 saturated heterocycles. The zero-order chi connectivity index (χ0) is 12.1. The van der Waals surface area contributed by atoms with E-state index in [1.54, 1.807) is 0 Å². The van der Waals surface area contributed by atoms with E-state index in [4.69, 9.17) is 18.9 Å². The van der Waals surface area contributed by atoms with Crippen molar-refractivity contribution in [2.24, 2.45) is 0 Å². The normalized spacial score (nSPS) is 31.1. The maximum atomic E-state index is 11.6. The van der Waals surface area contributed by atoms with Gasteiger partial charge in [-0.3, -0.25) is 9.69 Å². The monoisotopic (exact) mass is 245 g/mol. The summed E-state index contributed by atoms with van der Waals surface area (Å²) in [5.41, 5.74) is 0. The Labute approximate surface area is 101 Å². The van der Waals surface area contributed by atoms with Gasteiger partial charge in [0.25, 0.3) is 0 Å². The van der Waals surface area contributed by atoms with Crippen LogP contribution in [0.2, 0.25) is 0 Å². The first kappa shape index (κ1) is 12.8. The number of carbonyl (C=O) groups is 1. The molecule has 98 valence electrons. The van der Waals surface area contributed by atoms with Crippen LogP contribution in [0.25, 0.3) is 0 Å². The lowest BCUT2D eigenvalue weighted by molar-refractivity contribution is -0.164. The minimum atomic E-state index is -0.305. The number of morpholine rings is 1. The number of hydrogen-bond donors (Lipinski definition) is 0. The fraction of sp³-hybridized carbons (Fsp3) is 0.909. The molecule has 6 heteroatoms. The lowest BCUT2D eigenvalue weighted by atomic mass is 10.1. The first-order valence-corrected chi connectivity index (χ1v) is 5.90. The molecule has 0 N–H and O–H groups in total. The van der Waals surface area contributed by atoms with Crippen molar-refractivity contribution in [3.63, 3.8) is 0 Å². The fourth-order valence-corrected chi connectivity index (χ4v) is 2.12. The summed E-state index contributed by atoms with van der Waals surface area (Å²) >= 11 is 0. The van der Waals surface area contributed by atoms with Crippen molar-refractivity contribution in [1.29, 1.82) is 0 Å². The van der Waals surface area contributed by atoms with Crippen LogP contribution in [0.1, 0.15) is 6.42 Å². The first-order valence-electron chi connectivity index (χ1n) is 5.90. The second kappa shape index (κ2) is 6.30. The summed E-state index contributed by atoms with van der Waals surface area (Å²) in [4.78, 5) is 13.7. The lowest BCUT2D eigenvalue weighted by Crippen LogP contribution is -2.53. The molecule has 0 aromatic rings. The molecule has 0 aromatic heterocycles. The number of methoxy groups -OCH3 is 1. The SMILES string of the molecule is COC(=O)C1COCCN1CC1CCOCO1. The molecule has 0 saturated carbocycles. The first-order chi connectivity index (χ1) is 8.31. The predicted octanol–water partition coefficient (Wildman–Crippen LogP) is -0.377. The van der Waals surface area contributed by atoms with Crippen LogP contribution in [0, 0.1) is 0 Å². The third-order valence-corrected chi connectivity index (χ3v) is 3.12. The molecule has 0 bridgehead atoms. The van der Waals surface area contributed by atoms with Crippen molar-refractivity contribution >= 4 is 5.97 Å². The molecule has 0 aliphatic carbocycles. The van der Waals surface area contributed by atoms with Gasteiger partial charge in [0.1, 0.15) is 12.8 Å². The Morgan fingerprint density at radius 2 is 2.29 bits per heavy atom. The van der Waals surface area contributed by atoms with E-state index in [0.29, 0.717) is 20.0 Å². The number of rotatable bonds is 3. The lowest BCUT2D eigenvalue weighted by Gasteiger charge is -2.36. The number of ether oxygens (including phenoxy) is 4. The Bertz CT molecular complexity index is 254. The van der Waals surface area contributed by atoms with E-state index >= 15 is 0 Å². The maximum absolute atomic E-state index is 11.6. The number of nitrogens with zero attached hydrogens (tertiary/aromatic N) is 1. The minimum Gasteiger partial charge on any atom is -0.468 e. The van der Waals surface area contributed by atoms with Crippen LogP contribution < -0.4 is 0 Å². The van der Waals surface area contributed by atoms with Gasteiger partial charge in [-0.25, -0.2) is 0 Å². The average molecular weight is 245 g/mol. The van der Waals surface area contributed by atoms with Crippen LogP contribution in [0.3, 0.4) is 0 Å². The smallest absolute Gasteiger partial charge is 0.325 e. The van der Waals surface area contributed by atoms with Gasteiger partial charge in [0.15, 0.2) is 0 Å². The molecule has 2 heterocycles. The Morgan fingerprint density at radius 1 is 1.41 bits per heavy atom. The number of hydrogen-bond acceptors (Lipinski definition) is 6. The summed E-state index contributed by atoms with van der Waals surface area (Å²) in [6.45, 7) is 3.58. The molecule has 2 atom stereocenters. The minimum absolute atomic E-state index is 0.133. The van der Waals surface area contributed by atoms with Crippen LogP contribution in [0.4, 0.5) is 0 Å². The van der Waals surface area contributed by atoms with E-state index in [1.807, 2.05) is 0 Å². The Kier molecular flexibility index (Phi) is 4.73. The van der Waals surface area contributed by atoms with Crippen LogP contribution in [0.15, 0.2) is 0 Å². The van der Waals surface area contributed by atoms with Gasteiger partial charge in [-0.1, -0.05) is 0 Å². The van der Waals surface area contributed by atoms with Crippen molar-refractivity contribution in [1.82, 2.24) is 4.90 Å². The highest BCUT2D eigenvalue weighted by Crippen LogP contribution is 2.14. The van der Waals surface area contributed by atoms with E-state index in [1.165, 1.54) is 7.11 Å². The summed E-state index contributed by atoms with van der Waals surface area (Å²) in [5, 5.41) is 0. The van der Waals surface area contributed by atoms with Crippen molar-refractivity contribution in [3.8, 4) is 0 Å². The molecular formula is C11H19NO5. The molecule has 2 unspecified atom stereocenters. The highest BCUT2D eigenvalue weighted by molar-refractivity contribution is 5.75. The van der Waals surface area contributed by atoms with Gasteiger partial charge in [-0.2, -0.15) is 0 Å². The molecule has 0 amide bonds. The van der Waals surface area contributed by atoms with Gasteiger partial charge in [0.2, 0.25) is 0 Å². The summed E-state index contributed by atoms with van der Waals surface area (Å²) in [6, 6.07) is -0.305. The van der Waals surface area contributed by atoms with E-state index in [-0.39, 0.29) is 18.1 Å². The van der Waals surface area contributed by atoms with Gasteiger partial charge < -0.3 is 18.9 Å². The topological polar surface area (TPSA) is 57.2 Å². The van der Waals surface area contributed by atoms with Crippen LogP contribution in [0.5, 0.6) is 0 Å². The molecule has 2 fully saturated rings. The molecule has 0 aromatic carbocycles. The largest absolute Gasteiger partial charge is 0.468 e. The van der Waals surface area contributed by atoms with Crippen molar-refractivity contribution < 1.29 is 23.7 Å². The quantitative estimate of drug-likeness (QED) is 0.632. The second-order valence-electron chi connectivity index (χ2n) is 4.21. The van der Waals surface area contributed by atoms with Crippen LogP contribution >= 0.6 is 0 Å². The van der Waals surface area contributed by atoms with E-state index in [0.717, 1.165) is 26.1 Å². The highest BCUT2D eigenvalue weighted by Gasteiger charge is 2.32. The predicted molar refractivity (Wildman–Crippen MR) is 58.5 cm³/mol. The van der Waals surface area contributed by atoms with Gasteiger partial charge in [-0.15, -0.1) is 0 Å². The summed E-state index contributed by atoms with van der Waals surface area (Å²) in [5.74, 6) is -0.239. The molecule has 2 rings (SSSR count). The standard InChI is InChI=1S/C11H19NO5/c1-14-11(13)10-7-15-5-3-12(10)6-9-2-4-16-8-17-9/h9-10H,2-8H2,1H3. The van der Waals surface area contributed by atoms with E-state index in [9.17, 15) is 4.79 Å². The summed E-state index contributed by atoms with van der Waals surface area (Å²) in [7, 11) is 1.40. The molecule has 6 nitrogen and oxygen atoms in total. The molecule has 17 heavy (non-hydrogen) atoms. The molecule has 0 radical (unpaired) electrons. The van der Waals surface area contributed by atoms with Crippen molar-refractivity contribution in [2.75, 3.05) is 46.8 Å². The van der Waals surface area contributed by atoms with Crippen LogP contribution in [-0.2, 0) is 23.7 Å². The maximum Gasteiger partial charge on any atom is 0.325 e. The van der Waals surface area contributed by atoms with Crippen molar-refractivity contribution in [3.05, 3.63) is 0 Å². The van der Waals surface area contributed by atoms with Gasteiger partial charge >= 0.3 is 5.97 Å². The summed E-state index contributed by atoms with van der Waals surface area (Å²) in [6.07, 6.45) is 1.000. The number of carbonyl (C=O) groups excluding carboxylic acids is 1. The highest BCUT2D eigenvalue weighted by atomic mass is 16.7. The molecule has 2 aliphatic rings. The zero-order valence-electron chi connectivity index (χ0n) is 10.1. The Hall–Kier alpha value is -0.690. The average Bonchev–Trinajstić information content (AvgIpc) is 2.40. The Balaban J connectivity index is 1.88. The molecule has 0 spiro atoms. The zero-order valence-corrected chi connectivity index (χ0v) is 10.1. The van der Waals surface area contributed by atoms with Crippen molar-refractivity contribution in [2.45, 2.75) is 18.6 Å². The third kappa shape index (κ3) is 3.38. The number of esters is 1. The summed E-state index contributed by atoms with van der Waals surface area (Å²) < 4.78 is 20.7. The molecular weight excluding hydrogens is 226 g/mol. The Morgan fingerprint density at radius 3 is 3.00 bits per heavy atom. The molecule has 2 aliphatic heterocycles. The third-order valence-electron chi connectivity index (χ3n) is 3.12. The van der Waals surface area contributed by atoms with Gasteiger partial charge in [0.05, 0.1) is 33.0 Å². The van der Waals surface area contributed by atoms with E-state index in [2.05, 4.69) is 4.90 Å². The second-order valence-corrected chi connectivity index (χ2v) is 4.21. The van der Waals surface area contributed by atoms with Crippen LogP contribution in [-0.4, -0.2) is 69.8 Å². The van der Waals surface area contributed by atoms with Gasteiger partial charge in [-0.05, 0) is 6.42 Å². The van der Waals surface area contributed by atoms with E-state index < -0.39 is 0 Å².